The van der Waals surface area contributed by atoms with Gasteiger partial charge in [0.25, 0.3) is 0 Å². The Morgan fingerprint density at radius 1 is 1.31 bits per heavy atom. The summed E-state index contributed by atoms with van der Waals surface area (Å²) in [5.74, 6) is 0. The van der Waals surface area contributed by atoms with Crippen LogP contribution < -0.4 is 5.73 Å². The number of allylic oxidation sites excluding steroid dienone is 5. The van der Waals surface area contributed by atoms with E-state index in [2.05, 4.69) is 6.58 Å². The molecule has 0 aromatic rings. The zero-order valence-corrected chi connectivity index (χ0v) is 7.57. The van der Waals surface area contributed by atoms with E-state index in [1.165, 1.54) is 13.8 Å². The zero-order chi connectivity index (χ0) is 10.6. The summed E-state index contributed by atoms with van der Waals surface area (Å²) in [6.07, 6.45) is -2.32. The lowest BCUT2D eigenvalue weighted by Gasteiger charge is -2.10. The number of hydrogen-bond acceptors (Lipinski definition) is 1. The summed E-state index contributed by atoms with van der Waals surface area (Å²) in [6.45, 7) is 6.02. The van der Waals surface area contributed by atoms with Crippen LogP contribution in [0.4, 0.5) is 13.2 Å². The summed E-state index contributed by atoms with van der Waals surface area (Å²) >= 11 is 0. The Hall–Kier alpha value is -1.19. The number of alkyl halides is 3. The molecule has 0 aliphatic rings. The van der Waals surface area contributed by atoms with Crippen molar-refractivity contribution in [3.05, 3.63) is 35.6 Å². The van der Waals surface area contributed by atoms with Gasteiger partial charge in [0.1, 0.15) is 0 Å². The highest BCUT2D eigenvalue weighted by molar-refractivity contribution is 5.35. The first-order valence-electron chi connectivity index (χ1n) is 3.63. The second kappa shape index (κ2) is 4.16. The number of halogens is 3. The summed E-state index contributed by atoms with van der Waals surface area (Å²) < 4.78 is 36.9. The predicted octanol–water partition coefficient (Wildman–Crippen LogP) is 2.91. The monoisotopic (exact) mass is 191 g/mol. The third-order valence-corrected chi connectivity index (χ3v) is 1.41. The Bertz CT molecular complexity index is 255. The van der Waals surface area contributed by atoms with Gasteiger partial charge in [-0.3, -0.25) is 0 Å². The standard InChI is InChI=1S/C9H12F3N/c1-4-6(2)8(5-7(3)13)9(10,11)12/h4-5H,1,13H2,2-3H3/b7-5-,8-6+. The average molecular weight is 191 g/mol. The molecular weight excluding hydrogens is 179 g/mol. The van der Waals surface area contributed by atoms with E-state index in [4.69, 9.17) is 5.73 Å². The van der Waals surface area contributed by atoms with Crippen molar-refractivity contribution in [3.8, 4) is 0 Å². The molecule has 13 heavy (non-hydrogen) atoms. The highest BCUT2D eigenvalue weighted by atomic mass is 19.4. The molecule has 0 bridgehead atoms. The van der Waals surface area contributed by atoms with Crippen LogP contribution in [0.3, 0.4) is 0 Å². The van der Waals surface area contributed by atoms with E-state index in [0.29, 0.717) is 0 Å². The molecule has 0 aromatic heterocycles. The molecule has 4 heteroatoms. The van der Waals surface area contributed by atoms with Crippen molar-refractivity contribution in [1.82, 2.24) is 0 Å². The van der Waals surface area contributed by atoms with Gasteiger partial charge in [0.15, 0.2) is 0 Å². The molecule has 0 unspecified atom stereocenters. The van der Waals surface area contributed by atoms with E-state index in [9.17, 15) is 13.2 Å². The lowest BCUT2D eigenvalue weighted by Crippen LogP contribution is -2.13. The van der Waals surface area contributed by atoms with Gasteiger partial charge in [-0.1, -0.05) is 12.7 Å². The van der Waals surface area contributed by atoms with E-state index < -0.39 is 11.7 Å². The van der Waals surface area contributed by atoms with E-state index in [-0.39, 0.29) is 11.3 Å². The zero-order valence-electron chi connectivity index (χ0n) is 7.57. The van der Waals surface area contributed by atoms with Crippen LogP contribution in [0.5, 0.6) is 0 Å². The Labute approximate surface area is 75.4 Å². The van der Waals surface area contributed by atoms with Crippen LogP contribution in [0.15, 0.2) is 35.6 Å². The van der Waals surface area contributed by atoms with Crippen molar-refractivity contribution in [2.24, 2.45) is 5.73 Å². The predicted molar refractivity (Wildman–Crippen MR) is 46.9 cm³/mol. The highest BCUT2D eigenvalue weighted by Gasteiger charge is 2.33. The first kappa shape index (κ1) is 11.8. The molecule has 2 N–H and O–H groups in total. The van der Waals surface area contributed by atoms with Gasteiger partial charge in [-0.15, -0.1) is 0 Å². The quantitative estimate of drug-likeness (QED) is 0.667. The largest absolute Gasteiger partial charge is 0.416 e. The topological polar surface area (TPSA) is 26.0 Å². The minimum atomic E-state index is -4.38. The summed E-state index contributed by atoms with van der Waals surface area (Å²) in [6, 6.07) is 0. The smallest absolute Gasteiger partial charge is 0.402 e. The van der Waals surface area contributed by atoms with Crippen molar-refractivity contribution in [1.29, 1.82) is 0 Å². The van der Waals surface area contributed by atoms with Gasteiger partial charge >= 0.3 is 6.18 Å². The molecule has 0 spiro atoms. The van der Waals surface area contributed by atoms with Crippen molar-refractivity contribution >= 4 is 0 Å². The fraction of sp³-hybridized carbons (Fsp3) is 0.333. The normalized spacial score (nSPS) is 15.3. The molecule has 0 rings (SSSR count). The number of hydrogen-bond donors (Lipinski definition) is 1. The van der Waals surface area contributed by atoms with Gasteiger partial charge in [0.2, 0.25) is 0 Å². The molecule has 0 aliphatic heterocycles. The molecule has 0 saturated heterocycles. The van der Waals surface area contributed by atoms with Gasteiger partial charge in [-0.25, -0.2) is 0 Å². The Kier molecular flexibility index (Phi) is 3.78. The number of nitrogens with two attached hydrogens (primary N) is 1. The van der Waals surface area contributed by atoms with Crippen LogP contribution in [0.1, 0.15) is 13.8 Å². The van der Waals surface area contributed by atoms with E-state index in [1.54, 1.807) is 0 Å². The van der Waals surface area contributed by atoms with E-state index in [0.717, 1.165) is 12.2 Å². The Balaban J connectivity index is 5.24. The minimum Gasteiger partial charge on any atom is -0.402 e. The highest BCUT2D eigenvalue weighted by Crippen LogP contribution is 2.29. The molecule has 1 nitrogen and oxygen atoms in total. The van der Waals surface area contributed by atoms with Crippen LogP contribution in [-0.4, -0.2) is 6.18 Å². The maximum absolute atomic E-state index is 12.3. The molecule has 0 aromatic carbocycles. The summed E-state index contributed by atoms with van der Waals surface area (Å²) in [7, 11) is 0. The van der Waals surface area contributed by atoms with E-state index >= 15 is 0 Å². The average Bonchev–Trinajstić information content (AvgIpc) is 1.96. The molecule has 74 valence electrons. The molecule has 0 heterocycles. The molecule has 0 radical (unpaired) electrons. The third kappa shape index (κ3) is 3.83. The maximum Gasteiger partial charge on any atom is 0.416 e. The molecule has 0 atom stereocenters. The SMILES string of the molecule is C=C/C(C)=C(\C=C(\C)N)C(F)(F)F. The molecule has 0 amide bonds. The Morgan fingerprint density at radius 3 is 2.00 bits per heavy atom. The van der Waals surface area contributed by atoms with E-state index in [1.807, 2.05) is 0 Å². The van der Waals surface area contributed by atoms with Crippen molar-refractivity contribution in [3.63, 3.8) is 0 Å². The lowest BCUT2D eigenvalue weighted by molar-refractivity contribution is -0.0888. The van der Waals surface area contributed by atoms with Gasteiger partial charge in [0.05, 0.1) is 5.57 Å². The molecule has 0 saturated carbocycles. The minimum absolute atomic E-state index is 0.0669. The molecule has 0 aliphatic carbocycles. The summed E-state index contributed by atoms with van der Waals surface area (Å²) in [5.41, 5.74) is 4.61. The van der Waals surface area contributed by atoms with Gasteiger partial charge in [-0.2, -0.15) is 13.2 Å². The van der Waals surface area contributed by atoms with Gasteiger partial charge in [-0.05, 0) is 25.5 Å². The fourth-order valence-electron chi connectivity index (χ4n) is 0.757. The van der Waals surface area contributed by atoms with Crippen molar-refractivity contribution < 1.29 is 13.2 Å². The fourth-order valence-corrected chi connectivity index (χ4v) is 0.757. The Morgan fingerprint density at radius 2 is 1.77 bits per heavy atom. The molecular formula is C9H12F3N. The van der Waals surface area contributed by atoms with Crippen LogP contribution in [0.2, 0.25) is 0 Å². The summed E-state index contributed by atoms with van der Waals surface area (Å²) in [4.78, 5) is 0. The second-order valence-corrected chi connectivity index (χ2v) is 2.69. The van der Waals surface area contributed by atoms with Crippen LogP contribution in [0.25, 0.3) is 0 Å². The van der Waals surface area contributed by atoms with Crippen LogP contribution >= 0.6 is 0 Å². The first-order valence-corrected chi connectivity index (χ1v) is 3.63. The van der Waals surface area contributed by atoms with Gasteiger partial charge < -0.3 is 5.73 Å². The van der Waals surface area contributed by atoms with Crippen LogP contribution in [0, 0.1) is 0 Å². The second-order valence-electron chi connectivity index (χ2n) is 2.69. The van der Waals surface area contributed by atoms with Crippen LogP contribution in [-0.2, 0) is 0 Å². The van der Waals surface area contributed by atoms with Gasteiger partial charge in [0, 0.05) is 5.70 Å². The van der Waals surface area contributed by atoms with Crippen molar-refractivity contribution in [2.75, 3.05) is 0 Å². The lowest BCUT2D eigenvalue weighted by atomic mass is 10.1. The first-order chi connectivity index (χ1) is 5.79. The third-order valence-electron chi connectivity index (χ3n) is 1.41. The molecule has 0 fully saturated rings. The number of rotatable bonds is 2. The maximum atomic E-state index is 12.3. The van der Waals surface area contributed by atoms with Crippen molar-refractivity contribution in [2.45, 2.75) is 20.0 Å². The summed E-state index contributed by atoms with van der Waals surface area (Å²) in [5, 5.41) is 0.